The molecule has 0 bridgehead atoms. The number of carbonyl (C=O) groups is 1. The maximum atomic E-state index is 12.4. The van der Waals surface area contributed by atoms with Gasteiger partial charge in [-0.1, -0.05) is 42.7 Å². The van der Waals surface area contributed by atoms with E-state index in [9.17, 15) is 4.79 Å². The molecule has 0 unspecified atom stereocenters. The monoisotopic (exact) mass is 299 g/mol. The predicted octanol–water partition coefficient (Wildman–Crippen LogP) is 4.36. The van der Waals surface area contributed by atoms with Gasteiger partial charge in [0.2, 0.25) is 5.91 Å². The number of nitrogens with zero attached hydrogens (tertiary/aromatic N) is 1. The van der Waals surface area contributed by atoms with Gasteiger partial charge in [-0.15, -0.1) is 0 Å². The van der Waals surface area contributed by atoms with E-state index in [4.69, 9.17) is 0 Å². The number of hydrogen-bond donors (Lipinski definition) is 0. The molecule has 3 rings (SSSR count). The molecule has 1 aromatic carbocycles. The van der Waals surface area contributed by atoms with Crippen molar-refractivity contribution in [3.05, 3.63) is 35.4 Å². The van der Waals surface area contributed by atoms with E-state index in [1.807, 2.05) is 0 Å². The molecule has 1 saturated carbocycles. The summed E-state index contributed by atoms with van der Waals surface area (Å²) < 4.78 is 0. The smallest absolute Gasteiger partial charge is 0.225 e. The first kappa shape index (κ1) is 15.6. The van der Waals surface area contributed by atoms with Gasteiger partial charge in [0.25, 0.3) is 0 Å². The average Bonchev–Trinajstić information content (AvgIpc) is 3.09. The minimum absolute atomic E-state index is 0.351. The second kappa shape index (κ2) is 7.30. The van der Waals surface area contributed by atoms with Gasteiger partial charge in [-0.05, 0) is 56.9 Å². The molecule has 0 aromatic heterocycles. The van der Waals surface area contributed by atoms with Crippen LogP contribution in [0.2, 0.25) is 0 Å². The number of aryl methyl sites for hydroxylation is 2. The van der Waals surface area contributed by atoms with Crippen molar-refractivity contribution in [3.63, 3.8) is 0 Å². The molecular weight excluding hydrogens is 270 g/mol. The summed E-state index contributed by atoms with van der Waals surface area (Å²) in [7, 11) is 0. The van der Waals surface area contributed by atoms with Gasteiger partial charge in [0.05, 0.1) is 0 Å². The molecule has 0 spiro atoms. The number of carbonyl (C=O) groups excluding carboxylic acids is 1. The molecule has 2 nitrogen and oxygen atoms in total. The Labute approximate surface area is 134 Å². The maximum Gasteiger partial charge on any atom is 0.225 e. The number of piperidine rings is 1. The van der Waals surface area contributed by atoms with Crippen LogP contribution in [0.25, 0.3) is 0 Å². The number of amides is 1. The summed E-state index contributed by atoms with van der Waals surface area (Å²) in [6.07, 6.45) is 9.62. The number of likely N-dealkylation sites (tertiary alicyclic amines) is 1. The summed E-state index contributed by atoms with van der Waals surface area (Å²) in [5, 5.41) is 0. The maximum absolute atomic E-state index is 12.4. The van der Waals surface area contributed by atoms with Gasteiger partial charge in [0.15, 0.2) is 0 Å². The summed E-state index contributed by atoms with van der Waals surface area (Å²) in [6.45, 7) is 4.13. The van der Waals surface area contributed by atoms with Crippen LogP contribution >= 0.6 is 0 Å². The fourth-order valence-corrected chi connectivity index (χ4v) is 4.00. The highest BCUT2D eigenvalue weighted by molar-refractivity contribution is 5.79. The molecule has 0 atom stereocenters. The van der Waals surface area contributed by atoms with Crippen molar-refractivity contribution in [3.8, 4) is 0 Å². The molecule has 1 aromatic rings. The summed E-state index contributed by atoms with van der Waals surface area (Å²) >= 11 is 0. The number of rotatable bonds is 4. The van der Waals surface area contributed by atoms with Crippen LogP contribution in [-0.4, -0.2) is 23.9 Å². The van der Waals surface area contributed by atoms with Crippen molar-refractivity contribution >= 4 is 5.91 Å². The molecule has 1 saturated heterocycles. The highest BCUT2D eigenvalue weighted by Crippen LogP contribution is 2.29. The zero-order valence-corrected chi connectivity index (χ0v) is 13.9. The number of benzene rings is 1. The van der Waals surface area contributed by atoms with E-state index < -0.39 is 0 Å². The Hall–Kier alpha value is -1.31. The molecule has 1 amide bonds. The van der Waals surface area contributed by atoms with E-state index >= 15 is 0 Å². The van der Waals surface area contributed by atoms with Crippen LogP contribution < -0.4 is 0 Å². The van der Waals surface area contributed by atoms with Gasteiger partial charge < -0.3 is 4.90 Å². The molecule has 0 radical (unpaired) electrons. The van der Waals surface area contributed by atoms with Crippen LogP contribution in [-0.2, 0) is 11.2 Å². The Bertz CT molecular complexity index is 479. The van der Waals surface area contributed by atoms with Gasteiger partial charge in [0.1, 0.15) is 0 Å². The molecule has 2 aliphatic rings. The largest absolute Gasteiger partial charge is 0.342 e. The van der Waals surface area contributed by atoms with Gasteiger partial charge >= 0.3 is 0 Å². The summed E-state index contributed by atoms with van der Waals surface area (Å²) in [5.41, 5.74) is 2.79. The van der Waals surface area contributed by atoms with Gasteiger partial charge in [-0.2, -0.15) is 0 Å². The quantitative estimate of drug-likeness (QED) is 0.809. The highest BCUT2D eigenvalue weighted by Gasteiger charge is 2.29. The van der Waals surface area contributed by atoms with Crippen LogP contribution in [0.4, 0.5) is 0 Å². The third-order valence-corrected chi connectivity index (χ3v) is 5.59. The van der Waals surface area contributed by atoms with Crippen molar-refractivity contribution < 1.29 is 4.79 Å². The minimum Gasteiger partial charge on any atom is -0.342 e. The molecule has 2 heteroatoms. The Kier molecular flexibility index (Phi) is 5.17. The van der Waals surface area contributed by atoms with E-state index in [1.54, 1.807) is 0 Å². The third-order valence-electron chi connectivity index (χ3n) is 5.59. The Morgan fingerprint density at radius 3 is 2.32 bits per heavy atom. The SMILES string of the molecule is Cc1ccc(CCC2CCN(C(=O)C3CCCC3)CC2)cc1. The molecule has 2 fully saturated rings. The first-order valence-electron chi connectivity index (χ1n) is 9.07. The van der Waals surface area contributed by atoms with Crippen molar-refractivity contribution in [1.82, 2.24) is 4.90 Å². The van der Waals surface area contributed by atoms with Crippen molar-refractivity contribution in [2.75, 3.05) is 13.1 Å². The molecular formula is C20H29NO. The Morgan fingerprint density at radius 1 is 1.05 bits per heavy atom. The second-order valence-corrected chi connectivity index (χ2v) is 7.27. The first-order chi connectivity index (χ1) is 10.7. The van der Waals surface area contributed by atoms with Gasteiger partial charge in [-0.3, -0.25) is 4.79 Å². The highest BCUT2D eigenvalue weighted by atomic mass is 16.2. The lowest BCUT2D eigenvalue weighted by Gasteiger charge is -2.33. The second-order valence-electron chi connectivity index (χ2n) is 7.27. The zero-order chi connectivity index (χ0) is 15.4. The first-order valence-corrected chi connectivity index (χ1v) is 9.07. The lowest BCUT2D eigenvalue weighted by Crippen LogP contribution is -2.41. The Morgan fingerprint density at radius 2 is 1.68 bits per heavy atom. The zero-order valence-electron chi connectivity index (χ0n) is 13.9. The Balaban J connectivity index is 1.41. The normalized spacial score (nSPS) is 20.5. The van der Waals surface area contributed by atoms with E-state index in [-0.39, 0.29) is 0 Å². The topological polar surface area (TPSA) is 20.3 Å². The number of hydrogen-bond acceptors (Lipinski definition) is 1. The van der Waals surface area contributed by atoms with Crippen LogP contribution in [0.1, 0.15) is 56.1 Å². The minimum atomic E-state index is 0.351. The molecule has 0 N–H and O–H groups in total. The van der Waals surface area contributed by atoms with Crippen LogP contribution in [0, 0.1) is 18.8 Å². The molecule has 22 heavy (non-hydrogen) atoms. The van der Waals surface area contributed by atoms with Crippen molar-refractivity contribution in [2.45, 2.75) is 58.3 Å². The molecule has 1 aliphatic heterocycles. The lowest BCUT2D eigenvalue weighted by molar-refractivity contribution is -0.136. The third kappa shape index (κ3) is 3.91. The van der Waals surface area contributed by atoms with E-state index in [0.717, 1.165) is 31.8 Å². The average molecular weight is 299 g/mol. The fraction of sp³-hybridized carbons (Fsp3) is 0.650. The van der Waals surface area contributed by atoms with Gasteiger partial charge in [-0.25, -0.2) is 0 Å². The lowest BCUT2D eigenvalue weighted by atomic mass is 9.90. The molecule has 1 heterocycles. The summed E-state index contributed by atoms with van der Waals surface area (Å²) in [4.78, 5) is 14.6. The van der Waals surface area contributed by atoms with Crippen LogP contribution in [0.3, 0.4) is 0 Å². The van der Waals surface area contributed by atoms with Crippen molar-refractivity contribution in [1.29, 1.82) is 0 Å². The van der Waals surface area contributed by atoms with Crippen LogP contribution in [0.5, 0.6) is 0 Å². The standard InChI is InChI=1S/C20H29NO/c1-16-6-8-17(9-7-16)10-11-18-12-14-21(15-13-18)20(22)19-4-2-3-5-19/h6-9,18-19H,2-5,10-15H2,1H3. The molecule has 1 aliphatic carbocycles. The van der Waals surface area contributed by atoms with Crippen molar-refractivity contribution in [2.24, 2.45) is 11.8 Å². The van der Waals surface area contributed by atoms with E-state index in [0.29, 0.717) is 11.8 Å². The van der Waals surface area contributed by atoms with Crippen LogP contribution in [0.15, 0.2) is 24.3 Å². The summed E-state index contributed by atoms with van der Waals surface area (Å²) in [5.74, 6) is 1.60. The van der Waals surface area contributed by atoms with E-state index in [1.165, 1.54) is 49.7 Å². The van der Waals surface area contributed by atoms with E-state index in [2.05, 4.69) is 36.1 Å². The predicted molar refractivity (Wildman–Crippen MR) is 90.8 cm³/mol. The fourth-order valence-electron chi connectivity index (χ4n) is 4.00. The molecule has 120 valence electrons. The van der Waals surface area contributed by atoms with Gasteiger partial charge in [0, 0.05) is 19.0 Å². The summed E-state index contributed by atoms with van der Waals surface area (Å²) in [6, 6.07) is 8.93.